The van der Waals surface area contributed by atoms with Crippen LogP contribution in [0.1, 0.15) is 31.9 Å². The van der Waals surface area contributed by atoms with Gasteiger partial charge >= 0.3 is 0 Å². The third kappa shape index (κ3) is 6.28. The fraction of sp³-hybridized carbons (Fsp3) is 0.240. The predicted octanol–water partition coefficient (Wildman–Crippen LogP) is 6.09. The predicted molar refractivity (Wildman–Crippen MR) is 134 cm³/mol. The normalized spacial score (nSPS) is 12.4. The molecular weight excluding hydrogens is 479 g/mol. The molecule has 8 heteroatoms. The van der Waals surface area contributed by atoms with Crippen LogP contribution in [0.2, 0.25) is 10.0 Å². The summed E-state index contributed by atoms with van der Waals surface area (Å²) in [5.74, 6) is -0.123. The van der Waals surface area contributed by atoms with Crippen LogP contribution in [-0.4, -0.2) is 20.9 Å². The summed E-state index contributed by atoms with van der Waals surface area (Å²) in [5.41, 5.74) is 1.10. The fourth-order valence-corrected chi connectivity index (χ4v) is 5.41. The lowest BCUT2D eigenvalue weighted by Crippen LogP contribution is -2.42. The number of sulfonamides is 1. The van der Waals surface area contributed by atoms with Crippen LogP contribution in [0, 0.1) is 5.92 Å². The van der Waals surface area contributed by atoms with Crippen molar-refractivity contribution >= 4 is 44.8 Å². The molecule has 0 spiro atoms. The maximum Gasteiger partial charge on any atom is 0.264 e. The van der Waals surface area contributed by atoms with Crippen LogP contribution in [0.15, 0.2) is 83.8 Å². The van der Waals surface area contributed by atoms with Crippen molar-refractivity contribution in [2.24, 2.45) is 5.92 Å². The van der Waals surface area contributed by atoms with Crippen molar-refractivity contribution in [2.45, 2.75) is 31.2 Å². The molecule has 3 rings (SSSR count). The molecule has 1 atom stereocenters. The molecule has 0 aliphatic carbocycles. The summed E-state index contributed by atoms with van der Waals surface area (Å²) in [6.45, 7) is 3.69. The number of nitrogens with one attached hydrogen (secondary N) is 1. The first-order chi connectivity index (χ1) is 15.7. The van der Waals surface area contributed by atoms with Crippen molar-refractivity contribution in [1.29, 1.82) is 0 Å². The van der Waals surface area contributed by atoms with E-state index in [0.29, 0.717) is 12.3 Å². The number of carbonyl (C=O) groups is 1. The second-order valence-corrected chi connectivity index (χ2v) is 10.7. The molecule has 0 saturated carbocycles. The van der Waals surface area contributed by atoms with Gasteiger partial charge in [0.2, 0.25) is 5.91 Å². The molecule has 33 heavy (non-hydrogen) atoms. The number of halogens is 2. The van der Waals surface area contributed by atoms with E-state index in [2.05, 4.69) is 19.2 Å². The van der Waals surface area contributed by atoms with Crippen LogP contribution in [0.4, 0.5) is 5.69 Å². The van der Waals surface area contributed by atoms with E-state index in [1.807, 2.05) is 30.3 Å². The van der Waals surface area contributed by atoms with Gasteiger partial charge in [0.1, 0.15) is 6.54 Å². The number of amides is 1. The molecule has 0 aromatic heterocycles. The number of anilines is 1. The lowest BCUT2D eigenvalue weighted by atomic mass is 9.97. The quantitative estimate of drug-likeness (QED) is 0.383. The molecule has 3 aromatic carbocycles. The van der Waals surface area contributed by atoms with Crippen LogP contribution in [0.25, 0.3) is 0 Å². The first kappa shape index (κ1) is 25.1. The molecule has 0 saturated heterocycles. The molecule has 0 bridgehead atoms. The zero-order valence-electron chi connectivity index (χ0n) is 18.4. The summed E-state index contributed by atoms with van der Waals surface area (Å²) in [4.78, 5) is 13.2. The Labute approximate surface area is 205 Å². The molecule has 174 valence electrons. The molecule has 0 aliphatic heterocycles. The van der Waals surface area contributed by atoms with Crippen LogP contribution in [0.5, 0.6) is 0 Å². The highest BCUT2D eigenvalue weighted by Crippen LogP contribution is 2.35. The number of rotatable bonds is 9. The van der Waals surface area contributed by atoms with E-state index in [1.54, 1.807) is 30.3 Å². The number of benzene rings is 3. The van der Waals surface area contributed by atoms with Crippen LogP contribution in [0.3, 0.4) is 0 Å². The number of hydrogen-bond donors (Lipinski definition) is 1. The topological polar surface area (TPSA) is 66.5 Å². The van der Waals surface area contributed by atoms with E-state index in [1.165, 1.54) is 18.2 Å². The number of nitrogens with zero attached hydrogens (tertiary/aromatic N) is 1. The molecular formula is C25H26Cl2N2O3S. The molecule has 0 fully saturated rings. The third-order valence-corrected chi connectivity index (χ3v) is 7.65. The average Bonchev–Trinajstić information content (AvgIpc) is 2.80. The maximum atomic E-state index is 13.5. The molecule has 3 aromatic rings. The molecule has 0 radical (unpaired) electrons. The molecule has 1 N–H and O–H groups in total. The van der Waals surface area contributed by atoms with Gasteiger partial charge in [-0.3, -0.25) is 9.10 Å². The summed E-state index contributed by atoms with van der Waals surface area (Å²) in [6.07, 6.45) is 0.707. The SMILES string of the molecule is CC(C)C[C@@H](NC(=O)CN(c1cccc(Cl)c1Cl)S(=O)(=O)c1ccccc1)c1ccccc1. The number of carbonyl (C=O) groups excluding carboxylic acids is 1. The van der Waals surface area contributed by atoms with Gasteiger partial charge in [0, 0.05) is 0 Å². The summed E-state index contributed by atoms with van der Waals surface area (Å²) in [5, 5.41) is 3.26. The highest BCUT2D eigenvalue weighted by atomic mass is 35.5. The second kappa shape index (κ2) is 11.1. The van der Waals surface area contributed by atoms with E-state index in [9.17, 15) is 13.2 Å². The summed E-state index contributed by atoms with van der Waals surface area (Å²) in [6, 6.07) is 22.0. The van der Waals surface area contributed by atoms with Crippen molar-refractivity contribution < 1.29 is 13.2 Å². The summed E-state index contributed by atoms with van der Waals surface area (Å²) < 4.78 is 28.0. The zero-order valence-corrected chi connectivity index (χ0v) is 20.7. The van der Waals surface area contributed by atoms with Gasteiger partial charge in [0.15, 0.2) is 0 Å². The number of hydrogen-bond acceptors (Lipinski definition) is 3. The van der Waals surface area contributed by atoms with E-state index >= 15 is 0 Å². The van der Waals surface area contributed by atoms with Gasteiger partial charge in [-0.05, 0) is 42.2 Å². The molecule has 0 aliphatic rings. The Morgan fingerprint density at radius 3 is 2.12 bits per heavy atom. The summed E-state index contributed by atoms with van der Waals surface area (Å²) in [7, 11) is -4.08. The first-order valence-corrected chi connectivity index (χ1v) is 12.8. The van der Waals surface area contributed by atoms with Gasteiger partial charge in [-0.15, -0.1) is 0 Å². The van der Waals surface area contributed by atoms with Gasteiger partial charge in [-0.25, -0.2) is 8.42 Å². The molecule has 0 unspecified atom stereocenters. The highest BCUT2D eigenvalue weighted by molar-refractivity contribution is 7.92. The molecule has 0 heterocycles. The minimum atomic E-state index is -4.08. The van der Waals surface area contributed by atoms with Gasteiger partial charge in [0.25, 0.3) is 10.0 Å². The van der Waals surface area contributed by atoms with Crippen molar-refractivity contribution in [2.75, 3.05) is 10.8 Å². The van der Waals surface area contributed by atoms with E-state index < -0.39 is 22.5 Å². The Hall–Kier alpha value is -2.54. The minimum absolute atomic E-state index is 0.0515. The minimum Gasteiger partial charge on any atom is -0.348 e. The third-order valence-electron chi connectivity index (χ3n) is 5.06. The Bertz CT molecular complexity index is 1190. The molecule has 1 amide bonds. The van der Waals surface area contributed by atoms with Crippen molar-refractivity contribution in [1.82, 2.24) is 5.32 Å². The van der Waals surface area contributed by atoms with Gasteiger partial charge < -0.3 is 5.32 Å². The van der Waals surface area contributed by atoms with Gasteiger partial charge in [-0.2, -0.15) is 0 Å². The van der Waals surface area contributed by atoms with E-state index in [4.69, 9.17) is 23.2 Å². The van der Waals surface area contributed by atoms with Crippen molar-refractivity contribution in [3.8, 4) is 0 Å². The van der Waals surface area contributed by atoms with Crippen molar-refractivity contribution in [3.63, 3.8) is 0 Å². The molecule has 5 nitrogen and oxygen atoms in total. The van der Waals surface area contributed by atoms with E-state index in [0.717, 1.165) is 9.87 Å². The lowest BCUT2D eigenvalue weighted by Gasteiger charge is -2.27. The smallest absolute Gasteiger partial charge is 0.264 e. The van der Waals surface area contributed by atoms with Crippen LogP contribution >= 0.6 is 23.2 Å². The van der Waals surface area contributed by atoms with E-state index in [-0.39, 0.29) is 26.7 Å². The van der Waals surface area contributed by atoms with Crippen LogP contribution in [-0.2, 0) is 14.8 Å². The summed E-state index contributed by atoms with van der Waals surface area (Å²) >= 11 is 12.5. The fourth-order valence-electron chi connectivity index (χ4n) is 3.51. The van der Waals surface area contributed by atoms with Gasteiger partial charge in [-0.1, -0.05) is 91.6 Å². The maximum absolute atomic E-state index is 13.5. The first-order valence-electron chi connectivity index (χ1n) is 10.6. The van der Waals surface area contributed by atoms with Crippen molar-refractivity contribution in [3.05, 3.63) is 94.5 Å². The monoisotopic (exact) mass is 504 g/mol. The standard InChI is InChI=1S/C25H26Cl2N2O3S/c1-18(2)16-22(19-10-5-3-6-11-19)28-24(30)17-29(23-15-9-14-21(26)25(23)27)33(31,32)20-12-7-4-8-13-20/h3-15,18,22H,16-17H2,1-2H3,(H,28,30)/t22-/m1/s1. The average molecular weight is 505 g/mol. The largest absolute Gasteiger partial charge is 0.348 e. The Kier molecular flexibility index (Phi) is 8.40. The Morgan fingerprint density at radius 2 is 1.52 bits per heavy atom. The van der Waals surface area contributed by atoms with Crippen LogP contribution < -0.4 is 9.62 Å². The van der Waals surface area contributed by atoms with Gasteiger partial charge in [0.05, 0.1) is 26.7 Å². The lowest BCUT2D eigenvalue weighted by molar-refractivity contribution is -0.120. The Morgan fingerprint density at radius 1 is 0.909 bits per heavy atom. The zero-order chi connectivity index (χ0) is 24.0. The second-order valence-electron chi connectivity index (χ2n) is 8.06. The highest BCUT2D eigenvalue weighted by Gasteiger charge is 2.30. The Balaban J connectivity index is 1.96.